The number of aromatic amines is 1. The first kappa shape index (κ1) is 16.5. The van der Waals surface area contributed by atoms with Gasteiger partial charge in [0.05, 0.1) is 12.7 Å². The van der Waals surface area contributed by atoms with Crippen molar-refractivity contribution in [3.05, 3.63) is 70.7 Å². The van der Waals surface area contributed by atoms with E-state index >= 15 is 0 Å². The van der Waals surface area contributed by atoms with Crippen LogP contribution >= 0.6 is 0 Å². The Bertz CT molecular complexity index is 1020. The first-order valence-electron chi connectivity index (χ1n) is 8.59. The summed E-state index contributed by atoms with van der Waals surface area (Å²) in [6.07, 6.45) is 1.54. The van der Waals surface area contributed by atoms with Gasteiger partial charge in [0.2, 0.25) is 0 Å². The van der Waals surface area contributed by atoms with Crippen LogP contribution in [0.5, 0.6) is 0 Å². The molecule has 4 nitrogen and oxygen atoms in total. The average Bonchev–Trinajstić information content (AvgIpc) is 3.05. The van der Waals surface area contributed by atoms with E-state index in [1.165, 1.54) is 13.2 Å². The fraction of sp³-hybridized carbons (Fsp3) is 0.238. The molecule has 0 bridgehead atoms. The molecule has 1 atom stereocenters. The van der Waals surface area contributed by atoms with Gasteiger partial charge in [0.15, 0.2) is 5.78 Å². The van der Waals surface area contributed by atoms with Gasteiger partial charge in [0.1, 0.15) is 5.82 Å². The Kier molecular flexibility index (Phi) is 4.07. The molecule has 3 aromatic rings. The first-order valence-corrected chi connectivity index (χ1v) is 8.59. The van der Waals surface area contributed by atoms with Crippen LogP contribution in [0.15, 0.2) is 42.5 Å². The Balaban J connectivity index is 1.85. The van der Waals surface area contributed by atoms with Crippen LogP contribution in [0, 0.1) is 5.82 Å². The number of methoxy groups -OCH3 is 1. The normalized spacial score (nSPS) is 16.5. The molecule has 1 unspecified atom stereocenters. The molecule has 26 heavy (non-hydrogen) atoms. The minimum Gasteiger partial charge on any atom is -0.465 e. The van der Waals surface area contributed by atoms with Crippen molar-refractivity contribution in [2.45, 2.75) is 25.2 Å². The van der Waals surface area contributed by atoms with Crippen molar-refractivity contribution in [3.8, 4) is 0 Å². The molecule has 0 amide bonds. The second-order valence-electron chi connectivity index (χ2n) is 6.59. The van der Waals surface area contributed by atoms with E-state index in [-0.39, 0.29) is 17.5 Å². The molecule has 1 aliphatic carbocycles. The number of ketones is 1. The predicted octanol–water partition coefficient (Wildman–Crippen LogP) is 4.40. The topological polar surface area (TPSA) is 59.2 Å². The molecule has 132 valence electrons. The van der Waals surface area contributed by atoms with Gasteiger partial charge in [0.25, 0.3) is 0 Å². The van der Waals surface area contributed by atoms with Crippen molar-refractivity contribution < 1.29 is 18.7 Å². The standard InChI is InChI=1S/C21H18FNO3/c1-26-21(25)14-6-4-8-16-18(14)19-17(24)10-9-13(20(19)23-16)11-12-5-2-3-7-15(12)22/h2-8,13,23H,9-11H2,1H3. The molecule has 2 aromatic carbocycles. The Morgan fingerprint density at radius 2 is 2.04 bits per heavy atom. The lowest BCUT2D eigenvalue weighted by atomic mass is 9.82. The van der Waals surface area contributed by atoms with Gasteiger partial charge >= 0.3 is 5.97 Å². The average molecular weight is 351 g/mol. The number of fused-ring (bicyclic) bond motifs is 3. The second-order valence-corrected chi connectivity index (χ2v) is 6.59. The quantitative estimate of drug-likeness (QED) is 0.712. The van der Waals surface area contributed by atoms with Crippen LogP contribution < -0.4 is 0 Å². The van der Waals surface area contributed by atoms with Gasteiger partial charge in [-0.3, -0.25) is 4.79 Å². The number of rotatable bonds is 3. The smallest absolute Gasteiger partial charge is 0.338 e. The zero-order chi connectivity index (χ0) is 18.3. The fourth-order valence-electron chi connectivity index (χ4n) is 3.85. The number of H-pyrrole nitrogens is 1. The highest BCUT2D eigenvalue weighted by Crippen LogP contribution is 2.39. The third-order valence-corrected chi connectivity index (χ3v) is 5.09. The summed E-state index contributed by atoms with van der Waals surface area (Å²) in [4.78, 5) is 28.1. The van der Waals surface area contributed by atoms with E-state index in [0.717, 1.165) is 11.2 Å². The monoisotopic (exact) mass is 351 g/mol. The summed E-state index contributed by atoms with van der Waals surface area (Å²) in [5.74, 6) is -0.705. The summed E-state index contributed by atoms with van der Waals surface area (Å²) < 4.78 is 18.9. The number of carbonyl (C=O) groups excluding carboxylic acids is 2. The maximum atomic E-state index is 14.1. The maximum Gasteiger partial charge on any atom is 0.338 e. The molecule has 0 saturated carbocycles. The zero-order valence-corrected chi connectivity index (χ0v) is 14.3. The summed E-state index contributed by atoms with van der Waals surface area (Å²) in [5.41, 5.74) is 3.07. The Morgan fingerprint density at radius 3 is 2.81 bits per heavy atom. The number of ether oxygens (including phenoxy) is 1. The van der Waals surface area contributed by atoms with E-state index in [1.807, 2.05) is 12.1 Å². The molecule has 1 N–H and O–H groups in total. The Hall–Kier alpha value is -2.95. The summed E-state index contributed by atoms with van der Waals surface area (Å²) in [6, 6.07) is 12.0. The van der Waals surface area contributed by atoms with Gasteiger partial charge in [-0.2, -0.15) is 0 Å². The summed E-state index contributed by atoms with van der Waals surface area (Å²) in [6.45, 7) is 0. The maximum absolute atomic E-state index is 14.1. The van der Waals surface area contributed by atoms with E-state index in [2.05, 4.69) is 4.98 Å². The zero-order valence-electron chi connectivity index (χ0n) is 14.3. The van der Waals surface area contributed by atoms with Crippen molar-refractivity contribution in [1.82, 2.24) is 4.98 Å². The number of hydrogen-bond acceptors (Lipinski definition) is 3. The van der Waals surface area contributed by atoms with Gasteiger partial charge in [-0.25, -0.2) is 9.18 Å². The van der Waals surface area contributed by atoms with Crippen molar-refractivity contribution in [1.29, 1.82) is 0 Å². The van der Waals surface area contributed by atoms with Crippen LogP contribution in [0.2, 0.25) is 0 Å². The van der Waals surface area contributed by atoms with Crippen LogP contribution in [0.1, 0.15) is 50.7 Å². The highest BCUT2D eigenvalue weighted by atomic mass is 19.1. The van der Waals surface area contributed by atoms with Gasteiger partial charge in [-0.1, -0.05) is 24.3 Å². The van der Waals surface area contributed by atoms with Crippen molar-refractivity contribution >= 4 is 22.7 Å². The number of benzene rings is 2. The molecule has 0 aliphatic heterocycles. The van der Waals surface area contributed by atoms with Crippen LogP contribution in [-0.2, 0) is 11.2 Å². The third-order valence-electron chi connectivity index (χ3n) is 5.09. The predicted molar refractivity (Wildman–Crippen MR) is 96.0 cm³/mol. The minimum absolute atomic E-state index is 0.00232. The number of Topliss-reactive ketones (excluding diaryl/α,β-unsaturated/α-hetero) is 1. The summed E-state index contributed by atoms with van der Waals surface area (Å²) >= 11 is 0. The Morgan fingerprint density at radius 1 is 1.23 bits per heavy atom. The van der Waals surface area contributed by atoms with Crippen LogP contribution in [0.3, 0.4) is 0 Å². The number of hydrogen-bond donors (Lipinski definition) is 1. The van der Waals surface area contributed by atoms with E-state index < -0.39 is 5.97 Å². The van der Waals surface area contributed by atoms with Crippen LogP contribution in [0.4, 0.5) is 4.39 Å². The number of esters is 1. The molecule has 4 rings (SSSR count). The lowest BCUT2D eigenvalue weighted by Crippen LogP contribution is -2.17. The first-order chi connectivity index (χ1) is 12.6. The number of aromatic nitrogens is 1. The van der Waals surface area contributed by atoms with Gasteiger partial charge in [-0.05, 0) is 36.6 Å². The van der Waals surface area contributed by atoms with Crippen molar-refractivity contribution in [2.24, 2.45) is 0 Å². The lowest BCUT2D eigenvalue weighted by Gasteiger charge is -2.22. The number of carbonyl (C=O) groups is 2. The molecule has 0 fully saturated rings. The summed E-state index contributed by atoms with van der Waals surface area (Å²) in [5, 5.41) is 0.609. The number of nitrogens with one attached hydrogen (secondary N) is 1. The van der Waals surface area contributed by atoms with Crippen LogP contribution in [-0.4, -0.2) is 23.8 Å². The Labute approximate surface area is 150 Å². The van der Waals surface area contributed by atoms with E-state index in [0.29, 0.717) is 41.3 Å². The molecule has 1 aliphatic rings. The molecular weight excluding hydrogens is 333 g/mol. The van der Waals surface area contributed by atoms with Crippen LogP contribution in [0.25, 0.3) is 10.9 Å². The molecule has 0 spiro atoms. The molecular formula is C21H18FNO3. The molecule has 0 radical (unpaired) electrons. The largest absolute Gasteiger partial charge is 0.465 e. The highest BCUT2D eigenvalue weighted by molar-refractivity contribution is 6.16. The number of halogens is 1. The van der Waals surface area contributed by atoms with Gasteiger partial charge in [-0.15, -0.1) is 0 Å². The molecule has 0 saturated heterocycles. The van der Waals surface area contributed by atoms with E-state index in [1.54, 1.807) is 24.3 Å². The third kappa shape index (κ3) is 2.60. The summed E-state index contributed by atoms with van der Waals surface area (Å²) in [7, 11) is 1.32. The fourth-order valence-corrected chi connectivity index (χ4v) is 3.85. The SMILES string of the molecule is COC(=O)c1cccc2[nH]c3c(c12)C(=O)CCC3Cc1ccccc1F. The van der Waals surface area contributed by atoms with Gasteiger partial charge in [0, 0.05) is 34.5 Å². The van der Waals surface area contributed by atoms with Crippen molar-refractivity contribution in [2.75, 3.05) is 7.11 Å². The van der Waals surface area contributed by atoms with Gasteiger partial charge < -0.3 is 9.72 Å². The lowest BCUT2D eigenvalue weighted by molar-refractivity contribution is 0.0603. The second kappa shape index (κ2) is 6.41. The molecule has 1 aromatic heterocycles. The molecule has 1 heterocycles. The minimum atomic E-state index is -0.471. The van der Waals surface area contributed by atoms with E-state index in [9.17, 15) is 14.0 Å². The molecule has 5 heteroatoms. The van der Waals surface area contributed by atoms with E-state index in [4.69, 9.17) is 4.74 Å². The van der Waals surface area contributed by atoms with Crippen molar-refractivity contribution in [3.63, 3.8) is 0 Å². The highest BCUT2D eigenvalue weighted by Gasteiger charge is 2.32.